The predicted octanol–water partition coefficient (Wildman–Crippen LogP) is 5.83. The number of benzene rings is 2. The van der Waals surface area contributed by atoms with E-state index in [1.165, 1.54) is 6.07 Å². The third-order valence-corrected chi connectivity index (χ3v) is 7.44. The lowest BCUT2D eigenvalue weighted by Crippen LogP contribution is -2.52. The molecule has 1 aliphatic heterocycles. The molecule has 2 amide bonds. The first-order chi connectivity index (χ1) is 18.7. The molecule has 3 rings (SSSR count). The Labute approximate surface area is 240 Å². The minimum absolute atomic E-state index is 0.0291. The van der Waals surface area contributed by atoms with Crippen LogP contribution in [0.15, 0.2) is 42.5 Å². The van der Waals surface area contributed by atoms with Crippen LogP contribution >= 0.6 is 11.6 Å². The number of amides is 2. The van der Waals surface area contributed by atoms with Crippen LogP contribution in [0, 0.1) is 11.3 Å². The van der Waals surface area contributed by atoms with E-state index in [-0.39, 0.29) is 30.7 Å². The van der Waals surface area contributed by atoms with Crippen LogP contribution in [-0.4, -0.2) is 49.4 Å². The van der Waals surface area contributed by atoms with Gasteiger partial charge < -0.3 is 20.9 Å². The minimum atomic E-state index is -4.52. The number of nitrogens with two attached hydrogens (primary N) is 1. The second-order valence-corrected chi connectivity index (χ2v) is 12.0. The summed E-state index contributed by atoms with van der Waals surface area (Å²) in [6.45, 7) is 9.74. The van der Waals surface area contributed by atoms with Gasteiger partial charge in [0, 0.05) is 55.3 Å². The van der Waals surface area contributed by atoms with E-state index in [2.05, 4.69) is 5.32 Å². The van der Waals surface area contributed by atoms with Crippen molar-refractivity contribution < 1.29 is 22.8 Å². The summed E-state index contributed by atoms with van der Waals surface area (Å²) >= 11 is 6.00. The summed E-state index contributed by atoms with van der Waals surface area (Å²) in [4.78, 5) is 29.8. The molecule has 40 heavy (non-hydrogen) atoms. The van der Waals surface area contributed by atoms with Gasteiger partial charge in [0.2, 0.25) is 11.8 Å². The van der Waals surface area contributed by atoms with Crippen molar-refractivity contribution in [3.05, 3.63) is 64.2 Å². The molecule has 1 atom stereocenters. The first-order valence-corrected chi connectivity index (χ1v) is 14.1. The van der Waals surface area contributed by atoms with Gasteiger partial charge in [-0.25, -0.2) is 0 Å². The highest BCUT2D eigenvalue weighted by atomic mass is 35.5. The van der Waals surface area contributed by atoms with Crippen molar-refractivity contribution in [2.75, 3.05) is 37.6 Å². The molecule has 1 fully saturated rings. The Balaban J connectivity index is 1.82. The third-order valence-electron chi connectivity index (χ3n) is 7.19. The van der Waals surface area contributed by atoms with Gasteiger partial charge in [0.25, 0.3) is 0 Å². The maximum absolute atomic E-state index is 13.7. The van der Waals surface area contributed by atoms with Crippen molar-refractivity contribution in [3.8, 4) is 0 Å². The first kappa shape index (κ1) is 31.7. The summed E-state index contributed by atoms with van der Waals surface area (Å²) in [5.41, 5.74) is 6.23. The van der Waals surface area contributed by atoms with Crippen LogP contribution in [-0.2, 0) is 22.2 Å². The lowest BCUT2D eigenvalue weighted by molar-refractivity contribution is -0.140. The van der Waals surface area contributed by atoms with Crippen molar-refractivity contribution in [1.29, 1.82) is 0 Å². The molecule has 0 spiro atoms. The summed E-state index contributed by atoms with van der Waals surface area (Å²) in [5.74, 6) is -0.140. The molecule has 2 aromatic rings. The van der Waals surface area contributed by atoms with Crippen LogP contribution in [0.1, 0.15) is 63.3 Å². The molecule has 0 unspecified atom stereocenters. The van der Waals surface area contributed by atoms with Gasteiger partial charge in [0.1, 0.15) is 0 Å². The molecule has 3 N–H and O–H groups in total. The number of nitrogens with one attached hydrogen (secondary N) is 1. The van der Waals surface area contributed by atoms with E-state index in [0.29, 0.717) is 55.3 Å². The maximum Gasteiger partial charge on any atom is 0.416 e. The highest BCUT2D eigenvalue weighted by Gasteiger charge is 2.36. The Morgan fingerprint density at radius 2 is 1.65 bits per heavy atom. The van der Waals surface area contributed by atoms with Gasteiger partial charge in [-0.05, 0) is 60.2 Å². The molecule has 6 nitrogen and oxygen atoms in total. The largest absolute Gasteiger partial charge is 0.416 e. The van der Waals surface area contributed by atoms with Gasteiger partial charge >= 0.3 is 6.18 Å². The number of anilines is 1. The van der Waals surface area contributed by atoms with E-state index in [0.717, 1.165) is 17.7 Å². The zero-order chi connectivity index (χ0) is 29.7. The molecule has 1 heterocycles. The van der Waals surface area contributed by atoms with E-state index in [9.17, 15) is 22.8 Å². The van der Waals surface area contributed by atoms with Crippen LogP contribution < -0.4 is 16.0 Å². The normalized spacial score (nSPS) is 15.3. The molecule has 2 aromatic carbocycles. The van der Waals surface area contributed by atoms with Crippen LogP contribution in [0.3, 0.4) is 0 Å². The molecule has 1 saturated heterocycles. The molecule has 0 aliphatic carbocycles. The number of alkyl halides is 3. The van der Waals surface area contributed by atoms with Crippen molar-refractivity contribution in [3.63, 3.8) is 0 Å². The Morgan fingerprint density at radius 1 is 1.02 bits per heavy atom. The van der Waals surface area contributed by atoms with E-state index in [4.69, 9.17) is 17.3 Å². The van der Waals surface area contributed by atoms with Crippen LogP contribution in [0.2, 0.25) is 5.02 Å². The molecule has 1 aliphatic rings. The van der Waals surface area contributed by atoms with Gasteiger partial charge in [-0.3, -0.25) is 9.59 Å². The second kappa shape index (κ2) is 13.3. The number of rotatable bonds is 10. The average molecular weight is 581 g/mol. The van der Waals surface area contributed by atoms with Crippen LogP contribution in [0.5, 0.6) is 0 Å². The van der Waals surface area contributed by atoms with Crippen molar-refractivity contribution in [2.24, 2.45) is 17.1 Å². The monoisotopic (exact) mass is 580 g/mol. The third kappa shape index (κ3) is 8.36. The number of hydrogen-bond acceptors (Lipinski definition) is 4. The molecule has 0 saturated carbocycles. The van der Waals surface area contributed by atoms with E-state index < -0.39 is 23.2 Å². The zero-order valence-corrected chi connectivity index (χ0v) is 24.4. The summed E-state index contributed by atoms with van der Waals surface area (Å²) < 4.78 is 41.1. The molecule has 0 aromatic heterocycles. The summed E-state index contributed by atoms with van der Waals surface area (Å²) in [6.07, 6.45) is -3.39. The minimum Gasteiger partial charge on any atom is -0.368 e. The van der Waals surface area contributed by atoms with Gasteiger partial charge in [0.05, 0.1) is 11.6 Å². The van der Waals surface area contributed by atoms with Gasteiger partial charge in [-0.2, -0.15) is 13.2 Å². The summed E-state index contributed by atoms with van der Waals surface area (Å²) in [6, 6.07) is 10.6. The highest BCUT2D eigenvalue weighted by Crippen LogP contribution is 2.38. The lowest BCUT2D eigenvalue weighted by atomic mass is 9.84. The number of carbonyl (C=O) groups is 2. The lowest BCUT2D eigenvalue weighted by Gasteiger charge is -2.41. The number of piperazine rings is 1. The number of nitrogens with zero attached hydrogens (tertiary/aromatic N) is 2. The van der Waals surface area contributed by atoms with Gasteiger partial charge in [-0.15, -0.1) is 0 Å². The number of halogens is 4. The topological polar surface area (TPSA) is 78.7 Å². The van der Waals surface area contributed by atoms with Crippen LogP contribution in [0.4, 0.5) is 18.9 Å². The standard InChI is InChI=1S/C30H40ClF3N4O2/c1-20(2)17-25(36-27(39)11-12-35)24-18-22(30(32,33)34)7-10-26(24)37-13-15-38(16-14-37)28(40)29(3,4)19-21-5-8-23(31)9-6-21/h5-10,18,20,25H,11-17,19,35H2,1-4H3,(H,36,39)/t25-/m0/s1. The quantitative estimate of drug-likeness (QED) is 0.371. The number of carbonyl (C=O) groups excluding carboxylic acids is 2. The average Bonchev–Trinajstić information content (AvgIpc) is 2.88. The first-order valence-electron chi connectivity index (χ1n) is 13.7. The molecule has 0 radical (unpaired) electrons. The predicted molar refractivity (Wildman–Crippen MR) is 153 cm³/mol. The summed E-state index contributed by atoms with van der Waals surface area (Å²) in [5, 5.41) is 3.55. The highest BCUT2D eigenvalue weighted by molar-refractivity contribution is 6.30. The fourth-order valence-electron chi connectivity index (χ4n) is 5.20. The molecule has 220 valence electrons. The fourth-order valence-corrected chi connectivity index (χ4v) is 5.32. The fraction of sp³-hybridized carbons (Fsp3) is 0.533. The SMILES string of the molecule is CC(C)C[C@H](NC(=O)CCN)c1cc(C(F)(F)F)ccc1N1CCN(C(=O)C(C)(C)Cc2ccc(Cl)cc2)CC1. The van der Waals surface area contributed by atoms with Crippen molar-refractivity contribution >= 4 is 29.1 Å². The maximum atomic E-state index is 13.7. The zero-order valence-electron chi connectivity index (χ0n) is 23.7. The Hall–Kier alpha value is -2.78. The second-order valence-electron chi connectivity index (χ2n) is 11.5. The number of hydrogen-bond donors (Lipinski definition) is 2. The van der Waals surface area contributed by atoms with Crippen molar-refractivity contribution in [2.45, 2.75) is 59.2 Å². The Morgan fingerprint density at radius 3 is 2.20 bits per heavy atom. The smallest absolute Gasteiger partial charge is 0.368 e. The Kier molecular flexibility index (Phi) is 10.5. The van der Waals surface area contributed by atoms with E-state index >= 15 is 0 Å². The summed E-state index contributed by atoms with van der Waals surface area (Å²) in [7, 11) is 0. The molecule has 10 heteroatoms. The molecular formula is C30H40ClF3N4O2. The van der Waals surface area contributed by atoms with Crippen molar-refractivity contribution in [1.82, 2.24) is 10.2 Å². The molecule has 0 bridgehead atoms. The van der Waals surface area contributed by atoms with Gasteiger partial charge in [-0.1, -0.05) is 51.4 Å². The Bertz CT molecular complexity index is 1160. The van der Waals surface area contributed by atoms with E-state index in [1.54, 1.807) is 0 Å². The van der Waals surface area contributed by atoms with E-state index in [1.807, 2.05) is 61.8 Å². The van der Waals surface area contributed by atoms with Gasteiger partial charge in [0.15, 0.2) is 0 Å². The van der Waals surface area contributed by atoms with Crippen LogP contribution in [0.25, 0.3) is 0 Å². The molecular weight excluding hydrogens is 541 g/mol.